The van der Waals surface area contributed by atoms with Gasteiger partial charge in [-0.25, -0.2) is 0 Å². The van der Waals surface area contributed by atoms with Crippen molar-refractivity contribution in [3.63, 3.8) is 0 Å². The van der Waals surface area contributed by atoms with E-state index >= 15 is 0 Å². The highest BCUT2D eigenvalue weighted by Crippen LogP contribution is 2.40. The Morgan fingerprint density at radius 1 is 1.41 bits per heavy atom. The average molecular weight is 237 g/mol. The van der Waals surface area contributed by atoms with Gasteiger partial charge in [0.15, 0.2) is 0 Å². The van der Waals surface area contributed by atoms with E-state index in [1.165, 1.54) is 25.7 Å². The summed E-state index contributed by atoms with van der Waals surface area (Å²) in [4.78, 5) is 13.6. The van der Waals surface area contributed by atoms with Crippen LogP contribution in [0.5, 0.6) is 0 Å². The molecular weight excluding hydrogens is 214 g/mol. The summed E-state index contributed by atoms with van der Waals surface area (Å²) in [7, 11) is 0. The fourth-order valence-corrected chi connectivity index (χ4v) is 3.39. The summed E-state index contributed by atoms with van der Waals surface area (Å²) < 4.78 is 0. The average Bonchev–Trinajstić information content (AvgIpc) is 2.68. The SMILES string of the molecule is C=C(CC)CN1C(C(=O)O)CC2CCCCC21. The Kier molecular flexibility index (Phi) is 3.87. The second-order valence-corrected chi connectivity index (χ2v) is 5.48. The Balaban J connectivity index is 2.11. The molecule has 0 spiro atoms. The van der Waals surface area contributed by atoms with Gasteiger partial charge in [0.1, 0.15) is 6.04 Å². The Morgan fingerprint density at radius 2 is 2.12 bits per heavy atom. The lowest BCUT2D eigenvalue weighted by atomic mass is 9.84. The lowest BCUT2D eigenvalue weighted by Gasteiger charge is -2.33. The van der Waals surface area contributed by atoms with E-state index in [2.05, 4.69) is 18.4 Å². The predicted molar refractivity (Wildman–Crippen MR) is 67.9 cm³/mol. The van der Waals surface area contributed by atoms with Crippen molar-refractivity contribution in [1.29, 1.82) is 0 Å². The van der Waals surface area contributed by atoms with E-state index in [1.807, 2.05) is 0 Å². The van der Waals surface area contributed by atoms with E-state index in [1.54, 1.807) is 0 Å². The maximum atomic E-state index is 11.4. The number of carboxylic acids is 1. The minimum absolute atomic E-state index is 0.272. The van der Waals surface area contributed by atoms with Crippen LogP contribution in [0.15, 0.2) is 12.2 Å². The molecule has 1 heterocycles. The van der Waals surface area contributed by atoms with Gasteiger partial charge < -0.3 is 5.11 Å². The van der Waals surface area contributed by atoms with E-state index in [9.17, 15) is 9.90 Å². The zero-order valence-corrected chi connectivity index (χ0v) is 10.7. The van der Waals surface area contributed by atoms with Gasteiger partial charge >= 0.3 is 5.97 Å². The summed E-state index contributed by atoms with van der Waals surface area (Å²) in [5, 5.41) is 9.34. The molecule has 1 saturated heterocycles. The third kappa shape index (κ3) is 2.54. The molecule has 0 aromatic heterocycles. The molecule has 0 aromatic carbocycles. The van der Waals surface area contributed by atoms with E-state index in [0.717, 1.165) is 25.0 Å². The molecule has 17 heavy (non-hydrogen) atoms. The summed E-state index contributed by atoms with van der Waals surface area (Å²) >= 11 is 0. The highest BCUT2D eigenvalue weighted by atomic mass is 16.4. The zero-order valence-electron chi connectivity index (χ0n) is 10.7. The number of carboxylic acid groups (broad SMARTS) is 1. The highest BCUT2D eigenvalue weighted by molar-refractivity contribution is 5.74. The van der Waals surface area contributed by atoms with Crippen LogP contribution < -0.4 is 0 Å². The van der Waals surface area contributed by atoms with Crippen molar-refractivity contribution in [3.05, 3.63) is 12.2 Å². The van der Waals surface area contributed by atoms with Gasteiger partial charge in [-0.05, 0) is 31.6 Å². The smallest absolute Gasteiger partial charge is 0.320 e. The molecule has 0 bridgehead atoms. The molecule has 3 heteroatoms. The van der Waals surface area contributed by atoms with E-state index in [4.69, 9.17) is 0 Å². The Morgan fingerprint density at radius 3 is 2.76 bits per heavy atom. The van der Waals surface area contributed by atoms with Crippen LogP contribution in [0.4, 0.5) is 0 Å². The molecule has 3 atom stereocenters. The van der Waals surface area contributed by atoms with Crippen LogP contribution in [-0.2, 0) is 4.79 Å². The number of likely N-dealkylation sites (tertiary alicyclic amines) is 1. The number of rotatable bonds is 4. The maximum absolute atomic E-state index is 11.4. The number of nitrogens with zero attached hydrogens (tertiary/aromatic N) is 1. The largest absolute Gasteiger partial charge is 0.480 e. The van der Waals surface area contributed by atoms with Gasteiger partial charge in [-0.1, -0.05) is 31.9 Å². The molecule has 3 nitrogen and oxygen atoms in total. The van der Waals surface area contributed by atoms with Crippen molar-refractivity contribution < 1.29 is 9.90 Å². The lowest BCUT2D eigenvalue weighted by Crippen LogP contribution is -2.43. The van der Waals surface area contributed by atoms with Gasteiger partial charge in [0.05, 0.1) is 0 Å². The van der Waals surface area contributed by atoms with Crippen molar-refractivity contribution in [3.8, 4) is 0 Å². The minimum Gasteiger partial charge on any atom is -0.480 e. The molecular formula is C14H23NO2. The molecule has 1 aliphatic carbocycles. The Labute approximate surface area is 103 Å². The number of carbonyl (C=O) groups is 1. The number of fused-ring (bicyclic) bond motifs is 1. The topological polar surface area (TPSA) is 40.5 Å². The van der Waals surface area contributed by atoms with E-state index in [-0.39, 0.29) is 6.04 Å². The van der Waals surface area contributed by atoms with Crippen molar-refractivity contribution in [1.82, 2.24) is 4.90 Å². The molecule has 1 N–H and O–H groups in total. The van der Waals surface area contributed by atoms with E-state index < -0.39 is 5.97 Å². The van der Waals surface area contributed by atoms with Gasteiger partial charge in [0.25, 0.3) is 0 Å². The summed E-state index contributed by atoms with van der Waals surface area (Å²) in [5.74, 6) is -0.0437. The molecule has 1 saturated carbocycles. The summed E-state index contributed by atoms with van der Waals surface area (Å²) in [6, 6.07) is 0.222. The van der Waals surface area contributed by atoms with Crippen molar-refractivity contribution in [2.45, 2.75) is 57.5 Å². The molecule has 1 aliphatic heterocycles. The molecule has 0 radical (unpaired) electrons. The third-order valence-electron chi connectivity index (χ3n) is 4.41. The summed E-state index contributed by atoms with van der Waals surface area (Å²) in [6.45, 7) is 6.90. The van der Waals surface area contributed by atoms with Gasteiger partial charge in [-0.2, -0.15) is 0 Å². The van der Waals surface area contributed by atoms with Crippen LogP contribution >= 0.6 is 0 Å². The second-order valence-electron chi connectivity index (χ2n) is 5.48. The van der Waals surface area contributed by atoms with Crippen molar-refractivity contribution >= 4 is 5.97 Å². The third-order valence-corrected chi connectivity index (χ3v) is 4.41. The van der Waals surface area contributed by atoms with Crippen molar-refractivity contribution in [2.24, 2.45) is 5.92 Å². The van der Waals surface area contributed by atoms with E-state index in [0.29, 0.717) is 12.0 Å². The lowest BCUT2D eigenvalue weighted by molar-refractivity contribution is -0.142. The highest BCUT2D eigenvalue weighted by Gasteiger charge is 2.44. The fourth-order valence-electron chi connectivity index (χ4n) is 3.39. The first-order valence-corrected chi connectivity index (χ1v) is 6.78. The van der Waals surface area contributed by atoms with Gasteiger partial charge in [-0.15, -0.1) is 0 Å². The molecule has 2 fully saturated rings. The van der Waals surface area contributed by atoms with Crippen LogP contribution in [0.2, 0.25) is 0 Å². The van der Waals surface area contributed by atoms with Gasteiger partial charge in [0.2, 0.25) is 0 Å². The minimum atomic E-state index is -0.650. The number of aliphatic carboxylic acids is 1. The zero-order chi connectivity index (χ0) is 12.4. The first-order valence-electron chi connectivity index (χ1n) is 6.78. The van der Waals surface area contributed by atoms with Crippen LogP contribution in [0.25, 0.3) is 0 Å². The maximum Gasteiger partial charge on any atom is 0.320 e. The standard InChI is InChI=1S/C14H23NO2/c1-3-10(2)9-15-12-7-5-4-6-11(12)8-13(15)14(16)17/h11-13H,2-9H2,1H3,(H,16,17). The molecule has 2 rings (SSSR count). The quantitative estimate of drug-likeness (QED) is 0.764. The molecule has 96 valence electrons. The second kappa shape index (κ2) is 5.21. The van der Waals surface area contributed by atoms with Crippen LogP contribution in [0.1, 0.15) is 45.4 Å². The predicted octanol–water partition coefficient (Wildman–Crippen LogP) is 2.67. The normalized spacial score (nSPS) is 33.4. The first-order chi connectivity index (χ1) is 8.13. The van der Waals surface area contributed by atoms with Crippen LogP contribution in [0, 0.1) is 5.92 Å². The molecule has 0 aromatic rings. The molecule has 2 aliphatic rings. The van der Waals surface area contributed by atoms with Crippen molar-refractivity contribution in [2.75, 3.05) is 6.54 Å². The van der Waals surface area contributed by atoms with Gasteiger partial charge in [0, 0.05) is 12.6 Å². The fraction of sp³-hybridized carbons (Fsp3) is 0.786. The van der Waals surface area contributed by atoms with Crippen LogP contribution in [0.3, 0.4) is 0 Å². The van der Waals surface area contributed by atoms with Gasteiger partial charge in [-0.3, -0.25) is 9.69 Å². The molecule has 0 amide bonds. The Hall–Kier alpha value is -0.830. The molecule has 3 unspecified atom stereocenters. The first kappa shape index (κ1) is 12.6. The number of hydrogen-bond donors (Lipinski definition) is 1. The summed E-state index contributed by atoms with van der Waals surface area (Å²) in [5.41, 5.74) is 1.16. The van der Waals surface area contributed by atoms with Crippen LogP contribution in [-0.4, -0.2) is 34.6 Å². The Bertz CT molecular complexity index is 313. The summed E-state index contributed by atoms with van der Waals surface area (Å²) in [6.07, 6.45) is 6.70. The number of hydrogen-bond acceptors (Lipinski definition) is 2. The monoisotopic (exact) mass is 237 g/mol.